The van der Waals surface area contributed by atoms with E-state index in [4.69, 9.17) is 0 Å². The minimum Gasteiger partial charge on any atom is -0.289 e. The van der Waals surface area contributed by atoms with Gasteiger partial charge in [-0.1, -0.05) is 22.0 Å². The van der Waals surface area contributed by atoms with E-state index in [1.807, 2.05) is 24.3 Å². The second kappa shape index (κ2) is 5.65. The fraction of sp³-hybridized carbons (Fsp3) is 0.0556. The molecule has 118 valence electrons. The van der Waals surface area contributed by atoms with Gasteiger partial charge in [0.15, 0.2) is 5.43 Å². The number of carbonyl (C=O) groups excluding carboxylic acids is 2. The van der Waals surface area contributed by atoms with Crippen molar-refractivity contribution in [1.82, 2.24) is 4.90 Å². The van der Waals surface area contributed by atoms with Crippen LogP contribution >= 0.6 is 27.3 Å². The molecule has 0 saturated carbocycles. The molecule has 0 saturated heterocycles. The van der Waals surface area contributed by atoms with Gasteiger partial charge in [0.05, 0.1) is 6.54 Å². The summed E-state index contributed by atoms with van der Waals surface area (Å²) in [6, 6.07) is 11.1. The molecule has 0 atom stereocenters. The molecule has 0 unspecified atom stereocenters. The van der Waals surface area contributed by atoms with Crippen LogP contribution in [0.2, 0.25) is 0 Å². The van der Waals surface area contributed by atoms with Gasteiger partial charge in [-0.25, -0.2) is 0 Å². The number of carbonyl (C=O) groups is 2. The van der Waals surface area contributed by atoms with Gasteiger partial charge < -0.3 is 0 Å². The van der Waals surface area contributed by atoms with E-state index < -0.39 is 0 Å². The first kappa shape index (κ1) is 15.2. The van der Waals surface area contributed by atoms with Gasteiger partial charge in [0.1, 0.15) is 0 Å². The predicted octanol–water partition coefficient (Wildman–Crippen LogP) is 3.60. The Balaban J connectivity index is 1.82. The smallest absolute Gasteiger partial charge is 0.253 e. The molecule has 2 aromatic carbocycles. The first-order chi connectivity index (χ1) is 11.5. The van der Waals surface area contributed by atoms with Gasteiger partial charge in [-0.15, -0.1) is 11.3 Å². The maximum Gasteiger partial charge on any atom is 0.253 e. The van der Waals surface area contributed by atoms with Crippen molar-refractivity contribution in [2.24, 2.45) is 0 Å². The summed E-state index contributed by atoms with van der Waals surface area (Å²) in [7, 11) is 0. The lowest BCUT2D eigenvalue weighted by molar-refractivity contribution is -0.137. The number of amides is 2. The summed E-state index contributed by atoms with van der Waals surface area (Å²) in [5, 5.41) is 1.33. The van der Waals surface area contributed by atoms with Crippen molar-refractivity contribution in [2.45, 2.75) is 6.54 Å². The number of hydrogen-bond donors (Lipinski definition) is 0. The zero-order chi connectivity index (χ0) is 16.8. The normalized spacial score (nSPS) is 14.3. The molecule has 2 amide bonds. The SMILES string of the molecule is O=C1C=CC(=O)N1Cc1ccc2c(=O)c3cc(Br)ccc3sc2c1. The average molecular weight is 400 g/mol. The van der Waals surface area contributed by atoms with E-state index in [-0.39, 0.29) is 23.8 Å². The first-order valence-electron chi connectivity index (χ1n) is 7.21. The maximum absolute atomic E-state index is 12.7. The standard InChI is InChI=1S/C18H10BrNO3S/c19-11-2-4-14-13(8-11)18(23)12-3-1-10(7-15(12)24-14)9-20-16(21)5-6-17(20)22/h1-8H,9H2. The van der Waals surface area contributed by atoms with E-state index in [1.165, 1.54) is 28.4 Å². The molecule has 6 heteroatoms. The Labute approximate surface area is 149 Å². The lowest BCUT2D eigenvalue weighted by atomic mass is 10.1. The van der Waals surface area contributed by atoms with Crippen molar-refractivity contribution < 1.29 is 9.59 Å². The van der Waals surface area contributed by atoms with Gasteiger partial charge in [0.25, 0.3) is 11.8 Å². The molecule has 0 radical (unpaired) electrons. The summed E-state index contributed by atoms with van der Waals surface area (Å²) in [6.07, 6.45) is 2.54. The lowest BCUT2D eigenvalue weighted by Crippen LogP contribution is -2.29. The molecule has 1 aliphatic heterocycles. The van der Waals surface area contributed by atoms with Gasteiger partial charge in [-0.2, -0.15) is 0 Å². The number of nitrogens with zero attached hydrogens (tertiary/aromatic N) is 1. The van der Waals surface area contributed by atoms with Gasteiger partial charge in [0.2, 0.25) is 0 Å². The molecule has 4 nitrogen and oxygen atoms in total. The third-order valence-electron chi connectivity index (χ3n) is 3.94. The molecule has 0 fully saturated rings. The molecule has 0 spiro atoms. The van der Waals surface area contributed by atoms with Crippen molar-refractivity contribution in [3.8, 4) is 0 Å². The van der Waals surface area contributed by atoms with E-state index in [2.05, 4.69) is 15.9 Å². The summed E-state index contributed by atoms with van der Waals surface area (Å²) in [5.74, 6) is -0.617. The average Bonchev–Trinajstić information content (AvgIpc) is 2.88. The van der Waals surface area contributed by atoms with Crippen molar-refractivity contribution in [2.75, 3.05) is 0 Å². The number of halogens is 1. The number of fused-ring (bicyclic) bond motifs is 2. The largest absolute Gasteiger partial charge is 0.289 e. The summed E-state index contributed by atoms with van der Waals surface area (Å²) >= 11 is 4.92. The lowest BCUT2D eigenvalue weighted by Gasteiger charge is -2.14. The Morgan fingerprint density at radius 1 is 0.875 bits per heavy atom. The van der Waals surface area contributed by atoms with Crippen LogP contribution in [0.4, 0.5) is 0 Å². The Kier molecular flexibility index (Phi) is 3.58. The molecule has 24 heavy (non-hydrogen) atoms. The second-order valence-electron chi connectivity index (χ2n) is 5.50. The van der Waals surface area contributed by atoms with Crippen molar-refractivity contribution >= 4 is 59.3 Å². The van der Waals surface area contributed by atoms with Crippen LogP contribution in [0.1, 0.15) is 5.56 Å². The molecule has 0 bridgehead atoms. The van der Waals surface area contributed by atoms with Crippen LogP contribution < -0.4 is 5.43 Å². The Bertz CT molecular complexity index is 1100. The summed E-state index contributed by atoms with van der Waals surface area (Å²) in [4.78, 5) is 37.2. The monoisotopic (exact) mass is 399 g/mol. The third-order valence-corrected chi connectivity index (χ3v) is 5.56. The highest BCUT2D eigenvalue weighted by molar-refractivity contribution is 9.10. The Hall–Kier alpha value is -2.31. The molecule has 1 aliphatic rings. The van der Waals surface area contributed by atoms with E-state index in [0.717, 1.165) is 19.4 Å². The highest BCUT2D eigenvalue weighted by atomic mass is 79.9. The third kappa shape index (κ3) is 2.48. The summed E-state index contributed by atoms with van der Waals surface area (Å²) in [5.41, 5.74) is 0.807. The van der Waals surface area contributed by atoms with Crippen LogP contribution in [0, 0.1) is 0 Å². The molecular formula is C18H10BrNO3S. The Morgan fingerprint density at radius 3 is 2.38 bits per heavy atom. The second-order valence-corrected chi connectivity index (χ2v) is 7.50. The van der Waals surface area contributed by atoms with Crippen molar-refractivity contribution in [1.29, 1.82) is 0 Å². The first-order valence-corrected chi connectivity index (χ1v) is 8.82. The number of benzene rings is 2. The van der Waals surface area contributed by atoms with E-state index >= 15 is 0 Å². The number of rotatable bonds is 2. The van der Waals surface area contributed by atoms with E-state index in [1.54, 1.807) is 12.1 Å². The van der Waals surface area contributed by atoms with Crippen LogP contribution in [-0.4, -0.2) is 16.7 Å². The van der Waals surface area contributed by atoms with Crippen LogP contribution in [0.25, 0.3) is 20.2 Å². The molecule has 0 aliphatic carbocycles. The number of imide groups is 1. The highest BCUT2D eigenvalue weighted by Crippen LogP contribution is 2.28. The predicted molar refractivity (Wildman–Crippen MR) is 98.0 cm³/mol. The fourth-order valence-corrected chi connectivity index (χ4v) is 4.22. The molecular weight excluding hydrogens is 390 g/mol. The highest BCUT2D eigenvalue weighted by Gasteiger charge is 2.23. The molecule has 1 aromatic heterocycles. The minimum atomic E-state index is -0.309. The minimum absolute atomic E-state index is 0.0124. The van der Waals surface area contributed by atoms with Crippen LogP contribution in [0.3, 0.4) is 0 Å². The van der Waals surface area contributed by atoms with Crippen LogP contribution in [0.5, 0.6) is 0 Å². The van der Waals surface area contributed by atoms with Gasteiger partial charge in [-0.3, -0.25) is 19.3 Å². The topological polar surface area (TPSA) is 54.5 Å². The molecule has 0 N–H and O–H groups in total. The zero-order valence-corrected chi connectivity index (χ0v) is 14.7. The van der Waals surface area contributed by atoms with Gasteiger partial charge in [0, 0.05) is 36.8 Å². The summed E-state index contributed by atoms with van der Waals surface area (Å²) < 4.78 is 2.62. The zero-order valence-electron chi connectivity index (χ0n) is 12.3. The maximum atomic E-state index is 12.7. The summed E-state index contributed by atoms with van der Waals surface area (Å²) in [6.45, 7) is 0.208. The quantitative estimate of drug-likeness (QED) is 0.488. The van der Waals surface area contributed by atoms with Gasteiger partial charge >= 0.3 is 0 Å². The van der Waals surface area contributed by atoms with Crippen molar-refractivity contribution in [3.05, 3.63) is 68.8 Å². The van der Waals surface area contributed by atoms with E-state index in [0.29, 0.717) is 10.8 Å². The van der Waals surface area contributed by atoms with Crippen LogP contribution in [-0.2, 0) is 16.1 Å². The molecule has 3 aromatic rings. The van der Waals surface area contributed by atoms with Gasteiger partial charge in [-0.05, 0) is 35.9 Å². The molecule has 4 rings (SSSR count). The molecule has 2 heterocycles. The Morgan fingerprint density at radius 2 is 1.62 bits per heavy atom. The fourth-order valence-electron chi connectivity index (χ4n) is 2.74. The van der Waals surface area contributed by atoms with Crippen LogP contribution in [0.15, 0.2) is 57.8 Å². The van der Waals surface area contributed by atoms with E-state index in [9.17, 15) is 14.4 Å². The van der Waals surface area contributed by atoms with Crippen molar-refractivity contribution in [3.63, 3.8) is 0 Å². The number of hydrogen-bond acceptors (Lipinski definition) is 4.